The molecule has 1 atom stereocenters. The Hall–Kier alpha value is -2.33. The molecule has 23 heavy (non-hydrogen) atoms. The summed E-state index contributed by atoms with van der Waals surface area (Å²) in [5.41, 5.74) is 0. The maximum absolute atomic E-state index is 13.6. The number of sulfonamides is 1. The predicted molar refractivity (Wildman–Crippen MR) is 79.9 cm³/mol. The Morgan fingerprint density at radius 3 is 2.87 bits per heavy atom. The van der Waals surface area contributed by atoms with E-state index in [-0.39, 0.29) is 18.1 Å². The first-order valence-corrected chi connectivity index (χ1v) is 8.32. The highest BCUT2D eigenvalue weighted by atomic mass is 32.2. The summed E-state index contributed by atoms with van der Waals surface area (Å²) in [5, 5.41) is 5.30. The molecule has 10 heteroatoms. The Bertz CT molecular complexity index is 851. The zero-order valence-electron chi connectivity index (χ0n) is 12.2. The third-order valence-electron chi connectivity index (χ3n) is 3.59. The Kier molecular flexibility index (Phi) is 3.86. The first kappa shape index (κ1) is 15.6. The van der Waals surface area contributed by atoms with E-state index in [1.54, 1.807) is 0 Å². The van der Waals surface area contributed by atoms with E-state index in [9.17, 15) is 17.6 Å². The van der Waals surface area contributed by atoms with Gasteiger partial charge in [-0.25, -0.2) is 26.8 Å². The number of hydrogen-bond donors (Lipinski definition) is 1. The van der Waals surface area contributed by atoms with E-state index in [0.717, 1.165) is 4.31 Å². The van der Waals surface area contributed by atoms with Crippen LogP contribution in [0.15, 0.2) is 30.6 Å². The van der Waals surface area contributed by atoms with E-state index in [4.69, 9.17) is 0 Å². The number of nitrogens with one attached hydrogen (secondary N) is 1. The van der Waals surface area contributed by atoms with Crippen LogP contribution in [-0.4, -0.2) is 52.2 Å². The van der Waals surface area contributed by atoms with E-state index in [1.165, 1.54) is 42.3 Å². The van der Waals surface area contributed by atoms with E-state index in [1.807, 2.05) is 0 Å². The van der Waals surface area contributed by atoms with Gasteiger partial charge in [-0.05, 0) is 18.6 Å². The third-order valence-corrected chi connectivity index (χ3v) is 5.81. The number of aromatic nitrogens is 3. The molecular weight excluding hydrogens is 325 g/mol. The number of hydrogen-bond acceptors (Lipinski definition) is 5. The monoisotopic (exact) mass is 339 g/mol. The van der Waals surface area contributed by atoms with Gasteiger partial charge < -0.3 is 5.32 Å². The summed E-state index contributed by atoms with van der Waals surface area (Å²) in [6, 6.07) is 4.13. The minimum Gasteiger partial charge on any atom is -0.308 e. The van der Waals surface area contributed by atoms with Gasteiger partial charge in [0, 0.05) is 32.1 Å². The van der Waals surface area contributed by atoms with Gasteiger partial charge in [0.2, 0.25) is 15.9 Å². The quantitative estimate of drug-likeness (QED) is 0.872. The summed E-state index contributed by atoms with van der Waals surface area (Å²) in [4.78, 5) is 16.0. The highest BCUT2D eigenvalue weighted by molar-refractivity contribution is 7.90. The van der Waals surface area contributed by atoms with Crippen molar-refractivity contribution in [2.45, 2.75) is 11.7 Å². The van der Waals surface area contributed by atoms with Crippen LogP contribution in [0.4, 0.5) is 10.2 Å². The van der Waals surface area contributed by atoms with Crippen molar-refractivity contribution in [2.75, 3.05) is 18.9 Å². The van der Waals surface area contributed by atoms with Crippen LogP contribution in [-0.2, 0) is 14.8 Å². The van der Waals surface area contributed by atoms with Gasteiger partial charge >= 0.3 is 0 Å². The van der Waals surface area contributed by atoms with Gasteiger partial charge in [0.05, 0.1) is 0 Å². The van der Waals surface area contributed by atoms with Crippen LogP contribution in [0.5, 0.6) is 0 Å². The van der Waals surface area contributed by atoms with Gasteiger partial charge in [0.1, 0.15) is 0 Å². The molecule has 122 valence electrons. The zero-order valence-corrected chi connectivity index (χ0v) is 13.0. The fraction of sp³-hybridized carbons (Fsp3) is 0.308. The Morgan fingerprint density at radius 1 is 1.43 bits per heavy atom. The predicted octanol–water partition coefficient (Wildman–Crippen LogP) is 0.379. The molecule has 0 bridgehead atoms. The Morgan fingerprint density at radius 2 is 2.22 bits per heavy atom. The average molecular weight is 339 g/mol. The number of halogens is 1. The van der Waals surface area contributed by atoms with Crippen LogP contribution in [0.3, 0.4) is 0 Å². The number of anilines is 1. The highest BCUT2D eigenvalue weighted by Gasteiger charge is 2.41. The van der Waals surface area contributed by atoms with Crippen LogP contribution >= 0.6 is 0 Å². The molecule has 1 saturated heterocycles. The van der Waals surface area contributed by atoms with Crippen molar-refractivity contribution in [2.24, 2.45) is 0 Å². The van der Waals surface area contributed by atoms with Gasteiger partial charge in [0.25, 0.3) is 0 Å². The molecule has 1 amide bonds. The molecule has 2 aromatic heterocycles. The standard InChI is InChI=1S/C13H14FN5O3S/c1-18-7-4-10(23(18,21)22)13(20)16-11-5-8-19(17-11)12-9(14)3-2-6-15-12/h2-3,5-6,8,10H,4,7H2,1H3,(H,16,17,20). The Labute approximate surface area is 132 Å². The fourth-order valence-corrected chi connectivity index (χ4v) is 3.85. The van der Waals surface area contributed by atoms with Gasteiger partial charge in [0.15, 0.2) is 22.7 Å². The molecule has 3 heterocycles. The van der Waals surface area contributed by atoms with Gasteiger partial charge in [-0.1, -0.05) is 0 Å². The van der Waals surface area contributed by atoms with Crippen LogP contribution in [0.1, 0.15) is 6.42 Å². The molecule has 0 aliphatic carbocycles. The normalized spacial score (nSPS) is 20.5. The molecule has 1 N–H and O–H groups in total. The summed E-state index contributed by atoms with van der Waals surface area (Å²) in [7, 11) is -2.19. The van der Waals surface area contributed by atoms with E-state index in [2.05, 4.69) is 15.4 Å². The molecule has 1 unspecified atom stereocenters. The summed E-state index contributed by atoms with van der Waals surface area (Å²) in [5.74, 6) is -1.10. The minimum absolute atomic E-state index is 0.0128. The lowest BCUT2D eigenvalue weighted by Crippen LogP contribution is -2.35. The van der Waals surface area contributed by atoms with Gasteiger partial charge in [-0.15, -0.1) is 5.10 Å². The van der Waals surface area contributed by atoms with E-state index in [0.29, 0.717) is 6.54 Å². The van der Waals surface area contributed by atoms with Crippen LogP contribution < -0.4 is 5.32 Å². The topological polar surface area (TPSA) is 97.2 Å². The lowest BCUT2D eigenvalue weighted by Gasteiger charge is -2.11. The number of nitrogens with zero attached hydrogens (tertiary/aromatic N) is 4. The van der Waals surface area contributed by atoms with Crippen molar-refractivity contribution in [1.29, 1.82) is 0 Å². The Balaban J connectivity index is 1.78. The van der Waals surface area contributed by atoms with Crippen molar-refractivity contribution >= 4 is 21.7 Å². The van der Waals surface area contributed by atoms with Crippen molar-refractivity contribution in [3.63, 3.8) is 0 Å². The van der Waals surface area contributed by atoms with Crippen LogP contribution in [0.2, 0.25) is 0 Å². The minimum atomic E-state index is -3.62. The fourth-order valence-electron chi connectivity index (χ4n) is 2.32. The largest absolute Gasteiger partial charge is 0.308 e. The third kappa shape index (κ3) is 2.82. The molecule has 1 aliphatic heterocycles. The first-order valence-electron chi connectivity index (χ1n) is 6.82. The second kappa shape index (κ2) is 5.70. The van der Waals surface area contributed by atoms with Crippen molar-refractivity contribution < 1.29 is 17.6 Å². The van der Waals surface area contributed by atoms with E-state index < -0.39 is 27.0 Å². The molecule has 8 nitrogen and oxygen atoms in total. The lowest BCUT2D eigenvalue weighted by atomic mass is 10.3. The highest BCUT2D eigenvalue weighted by Crippen LogP contribution is 2.21. The molecule has 1 aliphatic rings. The van der Waals surface area contributed by atoms with Gasteiger partial charge in [-0.2, -0.15) is 0 Å². The SMILES string of the molecule is CN1CCC(C(=O)Nc2ccn(-c3ncccc3F)n2)S1(=O)=O. The second-order valence-corrected chi connectivity index (χ2v) is 7.31. The first-order chi connectivity index (χ1) is 10.9. The number of amides is 1. The summed E-state index contributed by atoms with van der Waals surface area (Å²) in [6.45, 7) is 0.300. The molecule has 0 aromatic carbocycles. The summed E-state index contributed by atoms with van der Waals surface area (Å²) in [6.07, 6.45) is 3.07. The number of carbonyl (C=O) groups is 1. The maximum atomic E-state index is 13.6. The maximum Gasteiger partial charge on any atom is 0.245 e. The summed E-state index contributed by atoms with van der Waals surface area (Å²) >= 11 is 0. The number of carbonyl (C=O) groups excluding carboxylic acids is 1. The van der Waals surface area contributed by atoms with E-state index >= 15 is 0 Å². The molecule has 0 saturated carbocycles. The zero-order chi connectivity index (χ0) is 16.6. The van der Waals surface area contributed by atoms with Crippen molar-refractivity contribution in [1.82, 2.24) is 19.1 Å². The molecule has 2 aromatic rings. The van der Waals surface area contributed by atoms with Crippen LogP contribution in [0.25, 0.3) is 5.82 Å². The van der Waals surface area contributed by atoms with Crippen molar-refractivity contribution in [3.05, 3.63) is 36.4 Å². The molecule has 0 radical (unpaired) electrons. The summed E-state index contributed by atoms with van der Waals surface area (Å²) < 4.78 is 39.9. The van der Waals surface area contributed by atoms with Gasteiger partial charge in [-0.3, -0.25) is 4.79 Å². The molecule has 0 spiro atoms. The smallest absolute Gasteiger partial charge is 0.245 e. The molecular formula is C13H14FN5O3S. The van der Waals surface area contributed by atoms with Crippen LogP contribution in [0, 0.1) is 5.82 Å². The molecule has 1 fully saturated rings. The average Bonchev–Trinajstić information content (AvgIpc) is 3.05. The van der Waals surface area contributed by atoms with Crippen molar-refractivity contribution in [3.8, 4) is 5.82 Å². The molecule has 3 rings (SSSR count). The second-order valence-electron chi connectivity index (χ2n) is 5.09. The number of pyridine rings is 1. The number of rotatable bonds is 3. The lowest BCUT2D eigenvalue weighted by molar-refractivity contribution is -0.115.